The fraction of sp³-hybridized carbons (Fsp3) is 0.643. The predicted octanol–water partition coefficient (Wildman–Crippen LogP) is 3.00. The number of hydrogen-bond acceptors (Lipinski definition) is 3. The molecule has 0 spiro atoms. The number of amides is 1. The van der Waals surface area contributed by atoms with E-state index >= 15 is 0 Å². The lowest BCUT2D eigenvalue weighted by atomic mass is 9.88. The van der Waals surface area contributed by atoms with E-state index in [9.17, 15) is 4.79 Å². The van der Waals surface area contributed by atoms with E-state index in [4.69, 9.17) is 0 Å². The molecule has 2 fully saturated rings. The molecule has 0 aromatic carbocycles. The van der Waals surface area contributed by atoms with Gasteiger partial charge in [-0.3, -0.25) is 4.79 Å². The molecule has 5 heteroatoms. The molecule has 0 aliphatic carbocycles. The average Bonchev–Trinajstić information content (AvgIpc) is 3.11. The maximum Gasteiger partial charge on any atom is 0.227 e. The normalized spacial score (nSPS) is 28.8. The highest BCUT2D eigenvalue weighted by atomic mass is 79.9. The van der Waals surface area contributed by atoms with Gasteiger partial charge in [0.1, 0.15) is 0 Å². The Bertz CT molecular complexity index is 476. The molecular weight excluding hydrogens is 324 g/mol. The molecule has 19 heavy (non-hydrogen) atoms. The van der Waals surface area contributed by atoms with Crippen molar-refractivity contribution in [2.45, 2.75) is 44.8 Å². The van der Waals surface area contributed by atoms with E-state index in [-0.39, 0.29) is 5.92 Å². The van der Waals surface area contributed by atoms with Crippen molar-refractivity contribution in [2.75, 3.05) is 6.54 Å². The van der Waals surface area contributed by atoms with Crippen LogP contribution in [0.25, 0.3) is 0 Å². The summed E-state index contributed by atoms with van der Waals surface area (Å²) < 4.78 is 1.13. The van der Waals surface area contributed by atoms with Gasteiger partial charge < -0.3 is 10.2 Å². The second kappa shape index (κ2) is 5.54. The van der Waals surface area contributed by atoms with Crippen LogP contribution in [0.4, 0.5) is 0 Å². The third kappa shape index (κ3) is 2.73. The number of rotatable bonds is 4. The first kappa shape index (κ1) is 13.6. The topological polar surface area (TPSA) is 32.3 Å². The van der Waals surface area contributed by atoms with Crippen molar-refractivity contribution in [2.24, 2.45) is 5.92 Å². The fourth-order valence-corrected chi connectivity index (χ4v) is 4.80. The van der Waals surface area contributed by atoms with Crippen molar-refractivity contribution in [3.63, 3.8) is 0 Å². The van der Waals surface area contributed by atoms with Gasteiger partial charge in [0.15, 0.2) is 0 Å². The van der Waals surface area contributed by atoms with Crippen LogP contribution in [-0.4, -0.2) is 29.4 Å². The fourth-order valence-electron chi connectivity index (χ4n) is 3.30. The van der Waals surface area contributed by atoms with Gasteiger partial charge in [-0.15, -0.1) is 11.3 Å². The minimum absolute atomic E-state index is 0.210. The van der Waals surface area contributed by atoms with Crippen LogP contribution >= 0.6 is 27.3 Å². The van der Waals surface area contributed by atoms with Crippen LogP contribution in [0, 0.1) is 5.92 Å². The van der Waals surface area contributed by atoms with Crippen molar-refractivity contribution < 1.29 is 4.79 Å². The van der Waals surface area contributed by atoms with Gasteiger partial charge in [0.05, 0.1) is 16.2 Å². The number of carbonyl (C=O) groups excluding carboxylic acids is 1. The molecule has 3 heterocycles. The van der Waals surface area contributed by atoms with Crippen LogP contribution in [0.2, 0.25) is 0 Å². The van der Waals surface area contributed by atoms with Crippen molar-refractivity contribution in [1.29, 1.82) is 0 Å². The first-order valence-corrected chi connectivity index (χ1v) is 8.57. The summed E-state index contributed by atoms with van der Waals surface area (Å²) in [6.45, 7) is 3.61. The molecule has 104 valence electrons. The minimum atomic E-state index is 0.210. The summed E-state index contributed by atoms with van der Waals surface area (Å²) in [6.07, 6.45) is 3.45. The summed E-state index contributed by atoms with van der Waals surface area (Å²) in [5.74, 6) is 0.550. The molecule has 2 saturated heterocycles. The van der Waals surface area contributed by atoms with Gasteiger partial charge in [-0.2, -0.15) is 0 Å². The molecule has 2 bridgehead atoms. The zero-order valence-electron chi connectivity index (χ0n) is 11.1. The molecule has 1 N–H and O–H groups in total. The second-order valence-corrected chi connectivity index (χ2v) is 8.00. The first-order chi connectivity index (χ1) is 9.17. The number of thiophene rings is 1. The SMILES string of the molecule is CCN(Cc1ccc(Br)s1)C(=O)C1CC2CCC1N2. The van der Waals surface area contributed by atoms with Crippen molar-refractivity contribution >= 4 is 33.2 Å². The molecule has 0 radical (unpaired) electrons. The second-order valence-electron chi connectivity index (χ2n) is 5.45. The van der Waals surface area contributed by atoms with Crippen molar-refractivity contribution in [1.82, 2.24) is 10.2 Å². The lowest BCUT2D eigenvalue weighted by Gasteiger charge is -2.27. The molecule has 0 saturated carbocycles. The van der Waals surface area contributed by atoms with Crippen molar-refractivity contribution in [3.05, 3.63) is 20.8 Å². The van der Waals surface area contributed by atoms with E-state index in [1.165, 1.54) is 17.7 Å². The Labute approximate surface area is 126 Å². The van der Waals surface area contributed by atoms with Crippen LogP contribution in [-0.2, 0) is 11.3 Å². The summed E-state index contributed by atoms with van der Waals surface area (Å²) in [5.41, 5.74) is 0. The summed E-state index contributed by atoms with van der Waals surface area (Å²) in [4.78, 5) is 15.9. The Kier molecular flexibility index (Phi) is 3.96. The zero-order chi connectivity index (χ0) is 13.4. The third-order valence-electron chi connectivity index (χ3n) is 4.29. The lowest BCUT2D eigenvalue weighted by Crippen LogP contribution is -2.40. The Morgan fingerprint density at radius 2 is 2.37 bits per heavy atom. The monoisotopic (exact) mass is 342 g/mol. The van der Waals surface area contributed by atoms with Crippen LogP contribution in [0.5, 0.6) is 0 Å². The summed E-state index contributed by atoms with van der Waals surface area (Å²) in [6, 6.07) is 5.18. The highest BCUT2D eigenvalue weighted by Crippen LogP contribution is 2.35. The number of nitrogens with zero attached hydrogens (tertiary/aromatic N) is 1. The quantitative estimate of drug-likeness (QED) is 0.912. The van der Waals surface area contributed by atoms with Crippen LogP contribution in [0.15, 0.2) is 15.9 Å². The molecule has 2 aliphatic heterocycles. The molecule has 3 atom stereocenters. The van der Waals surface area contributed by atoms with Gasteiger partial charge in [0, 0.05) is 23.5 Å². The van der Waals surface area contributed by atoms with Gasteiger partial charge >= 0.3 is 0 Å². The number of fused-ring (bicyclic) bond motifs is 2. The van der Waals surface area contributed by atoms with Crippen LogP contribution in [0.3, 0.4) is 0 Å². The molecule has 3 rings (SSSR count). The van der Waals surface area contributed by atoms with E-state index in [1.807, 2.05) is 4.90 Å². The Morgan fingerprint density at radius 3 is 2.89 bits per heavy atom. The van der Waals surface area contributed by atoms with E-state index in [0.29, 0.717) is 18.0 Å². The van der Waals surface area contributed by atoms with Gasteiger partial charge in [0.25, 0.3) is 0 Å². The maximum absolute atomic E-state index is 12.7. The summed E-state index contributed by atoms with van der Waals surface area (Å²) >= 11 is 5.19. The van der Waals surface area contributed by atoms with E-state index in [2.05, 4.69) is 40.3 Å². The minimum Gasteiger partial charge on any atom is -0.338 e. The zero-order valence-corrected chi connectivity index (χ0v) is 13.5. The summed E-state index contributed by atoms with van der Waals surface area (Å²) in [7, 11) is 0. The highest BCUT2D eigenvalue weighted by Gasteiger charge is 2.43. The molecule has 1 amide bonds. The molecule has 1 aromatic rings. The Morgan fingerprint density at radius 1 is 1.53 bits per heavy atom. The Balaban J connectivity index is 1.66. The number of halogens is 1. The number of hydrogen-bond donors (Lipinski definition) is 1. The first-order valence-electron chi connectivity index (χ1n) is 6.96. The van der Waals surface area contributed by atoms with Gasteiger partial charge in [-0.25, -0.2) is 0 Å². The smallest absolute Gasteiger partial charge is 0.227 e. The van der Waals surface area contributed by atoms with Gasteiger partial charge in [0.2, 0.25) is 5.91 Å². The van der Waals surface area contributed by atoms with E-state index in [0.717, 1.165) is 23.3 Å². The predicted molar refractivity (Wildman–Crippen MR) is 81.2 cm³/mol. The van der Waals surface area contributed by atoms with Crippen LogP contribution < -0.4 is 5.32 Å². The highest BCUT2D eigenvalue weighted by molar-refractivity contribution is 9.11. The van der Waals surface area contributed by atoms with E-state index in [1.54, 1.807) is 11.3 Å². The average molecular weight is 343 g/mol. The largest absolute Gasteiger partial charge is 0.338 e. The standard InChI is InChI=1S/C14H19BrN2OS/c1-2-17(8-10-4-6-13(15)19-10)14(18)11-7-9-3-5-12(11)16-9/h4,6,9,11-12,16H,2-3,5,7-8H2,1H3. The molecular formula is C14H19BrN2OS. The number of nitrogens with one attached hydrogen (secondary N) is 1. The maximum atomic E-state index is 12.7. The third-order valence-corrected chi connectivity index (χ3v) is 5.89. The Hall–Kier alpha value is -0.390. The van der Waals surface area contributed by atoms with Gasteiger partial charge in [-0.05, 0) is 54.2 Å². The molecule has 1 aromatic heterocycles. The molecule has 3 unspecified atom stereocenters. The van der Waals surface area contributed by atoms with E-state index < -0.39 is 0 Å². The molecule has 2 aliphatic rings. The summed E-state index contributed by atoms with van der Waals surface area (Å²) in [5, 5.41) is 3.55. The molecule has 3 nitrogen and oxygen atoms in total. The van der Waals surface area contributed by atoms with Crippen molar-refractivity contribution in [3.8, 4) is 0 Å². The number of carbonyl (C=O) groups is 1. The van der Waals surface area contributed by atoms with Gasteiger partial charge in [-0.1, -0.05) is 0 Å². The van der Waals surface area contributed by atoms with Crippen LogP contribution in [0.1, 0.15) is 31.1 Å². The lowest BCUT2D eigenvalue weighted by molar-refractivity contribution is -0.136.